The number of rotatable bonds is 6. The Labute approximate surface area is 144 Å². The number of aromatic nitrogens is 2. The van der Waals surface area contributed by atoms with Gasteiger partial charge in [0.1, 0.15) is 5.69 Å². The summed E-state index contributed by atoms with van der Waals surface area (Å²) >= 11 is 0. The predicted octanol–water partition coefficient (Wildman–Crippen LogP) is 2.68. The highest BCUT2D eigenvalue weighted by atomic mass is 16.6. The first-order valence-corrected chi connectivity index (χ1v) is 7.90. The normalized spacial score (nSPS) is 14.6. The molecule has 0 unspecified atom stereocenters. The van der Waals surface area contributed by atoms with Crippen molar-refractivity contribution in [3.8, 4) is 0 Å². The van der Waals surface area contributed by atoms with Crippen LogP contribution in [0.2, 0.25) is 0 Å². The summed E-state index contributed by atoms with van der Waals surface area (Å²) in [7, 11) is 0. The van der Waals surface area contributed by atoms with E-state index in [0.717, 1.165) is 6.42 Å². The maximum absolute atomic E-state index is 11.5. The molecule has 0 spiro atoms. The smallest absolute Gasteiger partial charge is 0.316 e. The largest absolute Gasteiger partial charge is 0.354 e. The van der Waals surface area contributed by atoms with E-state index in [9.17, 15) is 10.1 Å². The lowest BCUT2D eigenvalue weighted by Crippen LogP contribution is -2.21. The summed E-state index contributed by atoms with van der Waals surface area (Å²) in [6.07, 6.45) is 3.83. The zero-order chi connectivity index (χ0) is 17.9. The fourth-order valence-electron chi connectivity index (χ4n) is 2.67. The van der Waals surface area contributed by atoms with Crippen LogP contribution in [0.5, 0.6) is 0 Å². The molecule has 25 heavy (non-hydrogen) atoms. The Morgan fingerprint density at radius 3 is 2.48 bits per heavy atom. The molecule has 0 bridgehead atoms. The first kappa shape index (κ1) is 16.7. The number of aryl methyl sites for hydroxylation is 1. The van der Waals surface area contributed by atoms with E-state index in [2.05, 4.69) is 25.3 Å². The molecule has 0 radical (unpaired) electrons. The number of aliphatic imine (C=N–C) groups is 2. The topological polar surface area (TPSA) is 106 Å². The molecule has 0 atom stereocenters. The Morgan fingerprint density at radius 1 is 1.16 bits per heavy atom. The minimum Gasteiger partial charge on any atom is -0.354 e. The number of nitrogens with one attached hydrogen (secondary N) is 1. The van der Waals surface area contributed by atoms with Gasteiger partial charge in [0.05, 0.1) is 4.92 Å². The van der Waals surface area contributed by atoms with Crippen LogP contribution >= 0.6 is 0 Å². The molecule has 1 aromatic heterocycles. The van der Waals surface area contributed by atoms with E-state index in [1.165, 1.54) is 18.0 Å². The van der Waals surface area contributed by atoms with Crippen molar-refractivity contribution in [1.82, 2.24) is 9.97 Å². The molecule has 2 aromatic rings. The Hall–Kier alpha value is -3.16. The lowest BCUT2D eigenvalue weighted by Gasteiger charge is -2.18. The van der Waals surface area contributed by atoms with Crippen LogP contribution in [0.3, 0.4) is 0 Å². The molecular weight excluding hydrogens is 320 g/mol. The third-order valence-electron chi connectivity index (χ3n) is 3.95. The second-order valence-electron chi connectivity index (χ2n) is 5.83. The van der Waals surface area contributed by atoms with Crippen LogP contribution in [0.15, 0.2) is 40.3 Å². The van der Waals surface area contributed by atoms with Gasteiger partial charge in [-0.3, -0.25) is 20.1 Å². The van der Waals surface area contributed by atoms with Crippen LogP contribution in [-0.4, -0.2) is 33.9 Å². The molecule has 0 saturated heterocycles. The van der Waals surface area contributed by atoms with Gasteiger partial charge in [-0.25, -0.2) is 9.97 Å². The number of nitro groups is 1. The Balaban J connectivity index is 1.86. The maximum Gasteiger partial charge on any atom is 0.316 e. The molecule has 8 nitrogen and oxygen atoms in total. The second kappa shape index (κ2) is 6.76. The van der Waals surface area contributed by atoms with Crippen LogP contribution in [0.4, 0.5) is 11.6 Å². The van der Waals surface area contributed by atoms with E-state index in [4.69, 9.17) is 0 Å². The molecule has 0 fully saturated rings. The molecule has 0 aliphatic carbocycles. The van der Waals surface area contributed by atoms with E-state index in [-0.39, 0.29) is 17.1 Å². The van der Waals surface area contributed by atoms with E-state index in [1.54, 1.807) is 13.8 Å². The maximum atomic E-state index is 11.5. The van der Waals surface area contributed by atoms with Gasteiger partial charge >= 0.3 is 5.69 Å². The van der Waals surface area contributed by atoms with Crippen molar-refractivity contribution in [2.45, 2.75) is 25.9 Å². The summed E-state index contributed by atoms with van der Waals surface area (Å²) in [5.74, 6) is 0.340. The minimum absolute atomic E-state index is 0.146. The van der Waals surface area contributed by atoms with Crippen LogP contribution in [-0.2, 0) is 12.1 Å². The highest BCUT2D eigenvalue weighted by molar-refractivity contribution is 6.17. The number of anilines is 1. The number of hydrogen-bond donors (Lipinski definition) is 1. The van der Waals surface area contributed by atoms with Crippen molar-refractivity contribution < 1.29 is 4.92 Å². The monoisotopic (exact) mass is 338 g/mol. The van der Waals surface area contributed by atoms with E-state index in [1.807, 2.05) is 30.3 Å². The van der Waals surface area contributed by atoms with Crippen molar-refractivity contribution in [3.05, 3.63) is 57.4 Å². The van der Waals surface area contributed by atoms with Gasteiger partial charge in [-0.1, -0.05) is 30.3 Å². The molecule has 2 heterocycles. The molecular formula is C17H18N6O2. The Morgan fingerprint density at radius 2 is 1.84 bits per heavy atom. The third kappa shape index (κ3) is 3.52. The highest BCUT2D eigenvalue weighted by Crippen LogP contribution is 2.35. The zero-order valence-electron chi connectivity index (χ0n) is 14.0. The highest BCUT2D eigenvalue weighted by Gasteiger charge is 2.37. The lowest BCUT2D eigenvalue weighted by atomic mass is 10.1. The number of nitrogens with zero attached hydrogens (tertiary/aromatic N) is 5. The summed E-state index contributed by atoms with van der Waals surface area (Å²) in [6, 6.07) is 10.0. The minimum atomic E-state index is -1.09. The van der Waals surface area contributed by atoms with Crippen molar-refractivity contribution in [2.24, 2.45) is 9.98 Å². The fraction of sp³-hybridized carbons (Fsp3) is 0.294. The molecule has 1 aromatic carbocycles. The van der Waals surface area contributed by atoms with Gasteiger partial charge < -0.3 is 5.32 Å². The predicted molar refractivity (Wildman–Crippen MR) is 96.4 cm³/mol. The van der Waals surface area contributed by atoms with Gasteiger partial charge in [-0.2, -0.15) is 0 Å². The van der Waals surface area contributed by atoms with Crippen molar-refractivity contribution in [3.63, 3.8) is 0 Å². The van der Waals surface area contributed by atoms with Crippen molar-refractivity contribution in [2.75, 3.05) is 11.9 Å². The quantitative estimate of drug-likeness (QED) is 0.644. The summed E-state index contributed by atoms with van der Waals surface area (Å²) < 4.78 is 0. The van der Waals surface area contributed by atoms with Gasteiger partial charge in [-0.05, 0) is 25.8 Å². The Kier molecular flexibility index (Phi) is 4.51. The molecule has 3 rings (SSSR count). The lowest BCUT2D eigenvalue weighted by molar-refractivity contribution is -0.387. The summed E-state index contributed by atoms with van der Waals surface area (Å²) in [5.41, 5.74) is 0.428. The zero-order valence-corrected chi connectivity index (χ0v) is 14.0. The van der Waals surface area contributed by atoms with Crippen molar-refractivity contribution >= 4 is 24.1 Å². The first-order chi connectivity index (χ1) is 12.0. The summed E-state index contributed by atoms with van der Waals surface area (Å²) in [4.78, 5) is 28.0. The molecule has 128 valence electrons. The number of benzene rings is 1. The Bertz CT molecular complexity index is 836. The van der Waals surface area contributed by atoms with E-state index in [0.29, 0.717) is 12.5 Å². The van der Waals surface area contributed by atoms with Crippen LogP contribution in [0, 0.1) is 17.0 Å². The average molecular weight is 338 g/mol. The molecule has 0 amide bonds. The van der Waals surface area contributed by atoms with Gasteiger partial charge in [0.15, 0.2) is 11.4 Å². The first-order valence-electron chi connectivity index (χ1n) is 7.90. The standard InChI is InChI=1S/C17H18N6O2/c1-12-14(23(24)25)15(17(2)19-10-11-20-17)22-16(21-12)18-9-8-13-6-4-3-5-7-13/h3-7,10-11H,8-9H2,1-2H3,(H,18,21,22). The molecule has 8 heteroatoms. The van der Waals surface area contributed by atoms with Crippen LogP contribution < -0.4 is 5.32 Å². The van der Waals surface area contributed by atoms with E-state index < -0.39 is 10.6 Å². The van der Waals surface area contributed by atoms with Crippen molar-refractivity contribution in [1.29, 1.82) is 0 Å². The van der Waals surface area contributed by atoms with Crippen LogP contribution in [0.1, 0.15) is 23.9 Å². The second-order valence-corrected chi connectivity index (χ2v) is 5.83. The number of hydrogen-bond acceptors (Lipinski definition) is 7. The average Bonchev–Trinajstić information content (AvgIpc) is 3.03. The van der Waals surface area contributed by atoms with Gasteiger partial charge in [0, 0.05) is 19.0 Å². The molecule has 0 saturated carbocycles. The molecule has 1 aliphatic rings. The summed E-state index contributed by atoms with van der Waals surface area (Å²) in [6.45, 7) is 3.90. The summed E-state index contributed by atoms with van der Waals surface area (Å²) in [5, 5.41) is 14.6. The van der Waals surface area contributed by atoms with Crippen LogP contribution in [0.25, 0.3) is 0 Å². The third-order valence-corrected chi connectivity index (χ3v) is 3.95. The SMILES string of the molecule is Cc1nc(NCCc2ccccc2)nc(C2(C)N=CC=N2)c1[N+](=O)[O-]. The van der Waals surface area contributed by atoms with Gasteiger partial charge in [-0.15, -0.1) is 0 Å². The fourth-order valence-corrected chi connectivity index (χ4v) is 2.67. The molecule has 1 aliphatic heterocycles. The van der Waals surface area contributed by atoms with Gasteiger partial charge in [0.2, 0.25) is 5.95 Å². The molecule has 1 N–H and O–H groups in total. The van der Waals surface area contributed by atoms with E-state index >= 15 is 0 Å². The van der Waals surface area contributed by atoms with Gasteiger partial charge in [0.25, 0.3) is 0 Å².